The van der Waals surface area contributed by atoms with E-state index in [0.29, 0.717) is 11.5 Å². The van der Waals surface area contributed by atoms with Crippen LogP contribution in [-0.4, -0.2) is 36.0 Å². The van der Waals surface area contributed by atoms with Crippen molar-refractivity contribution in [3.05, 3.63) is 59.9 Å². The highest BCUT2D eigenvalue weighted by Crippen LogP contribution is 2.24. The van der Waals surface area contributed by atoms with Crippen molar-refractivity contribution in [2.45, 2.75) is 25.7 Å². The van der Waals surface area contributed by atoms with E-state index in [0.717, 1.165) is 38.1 Å². The summed E-state index contributed by atoms with van der Waals surface area (Å²) in [5, 5.41) is 0. The van der Waals surface area contributed by atoms with Gasteiger partial charge in [0.1, 0.15) is 5.75 Å². The molecule has 0 bridgehead atoms. The van der Waals surface area contributed by atoms with Gasteiger partial charge in [-0.05, 0) is 61.4 Å². The molecular weight excluding hydrogens is 300 g/mol. The first-order valence-corrected chi connectivity index (χ1v) is 8.58. The molecular formula is C20H24N2O2. The van der Waals surface area contributed by atoms with Gasteiger partial charge in [0.25, 0.3) is 5.91 Å². The quantitative estimate of drug-likeness (QED) is 0.844. The third-order valence-corrected chi connectivity index (χ3v) is 4.69. The Bertz CT molecular complexity index is 672. The molecule has 1 aromatic heterocycles. The summed E-state index contributed by atoms with van der Waals surface area (Å²) in [6, 6.07) is 11.9. The summed E-state index contributed by atoms with van der Waals surface area (Å²) >= 11 is 0. The largest absolute Gasteiger partial charge is 0.497 e. The molecule has 3 rings (SSSR count). The molecule has 0 radical (unpaired) electrons. The third kappa shape index (κ3) is 4.13. The zero-order valence-corrected chi connectivity index (χ0v) is 14.1. The number of ether oxygens (including phenoxy) is 1. The van der Waals surface area contributed by atoms with E-state index >= 15 is 0 Å². The lowest BCUT2D eigenvalue weighted by Gasteiger charge is -2.33. The summed E-state index contributed by atoms with van der Waals surface area (Å²) in [4.78, 5) is 18.6. The number of aromatic nitrogens is 1. The first kappa shape index (κ1) is 16.5. The Morgan fingerprint density at radius 1 is 1.33 bits per heavy atom. The number of piperidine rings is 1. The highest BCUT2D eigenvalue weighted by molar-refractivity contribution is 5.93. The number of pyridine rings is 1. The number of likely N-dealkylation sites (tertiary alicyclic amines) is 1. The van der Waals surface area contributed by atoms with Crippen molar-refractivity contribution in [2.24, 2.45) is 5.92 Å². The van der Waals surface area contributed by atoms with Crippen molar-refractivity contribution in [3.8, 4) is 5.75 Å². The van der Waals surface area contributed by atoms with E-state index < -0.39 is 0 Å². The average molecular weight is 324 g/mol. The Morgan fingerprint density at radius 3 is 3.04 bits per heavy atom. The van der Waals surface area contributed by atoms with Gasteiger partial charge in [-0.3, -0.25) is 9.78 Å². The number of rotatable bonds is 5. The number of methoxy groups -OCH3 is 1. The third-order valence-electron chi connectivity index (χ3n) is 4.69. The van der Waals surface area contributed by atoms with Gasteiger partial charge < -0.3 is 9.64 Å². The highest BCUT2D eigenvalue weighted by atomic mass is 16.5. The Balaban J connectivity index is 1.56. The van der Waals surface area contributed by atoms with Crippen LogP contribution in [0, 0.1) is 5.92 Å². The smallest absolute Gasteiger partial charge is 0.255 e. The molecule has 4 nitrogen and oxygen atoms in total. The number of hydrogen-bond donors (Lipinski definition) is 0. The number of aryl methyl sites for hydroxylation is 1. The molecule has 1 aliphatic rings. The molecule has 1 aliphatic heterocycles. The second-order valence-corrected chi connectivity index (χ2v) is 6.39. The molecule has 1 saturated heterocycles. The zero-order valence-electron chi connectivity index (χ0n) is 14.1. The standard InChI is InChI=1S/C20H24N2O2/c1-24-19-8-2-5-16(13-19)9-10-17-6-4-12-22(15-17)20(23)18-7-3-11-21-14-18/h2-3,5,7-8,11,13-14,17H,4,6,9-10,12,15H2,1H3/t17-/m0/s1. The van der Waals surface area contributed by atoms with Crippen LogP contribution >= 0.6 is 0 Å². The lowest BCUT2D eigenvalue weighted by Crippen LogP contribution is -2.40. The number of carbonyl (C=O) groups excluding carboxylic acids is 1. The highest BCUT2D eigenvalue weighted by Gasteiger charge is 2.24. The lowest BCUT2D eigenvalue weighted by atomic mass is 9.91. The normalized spacial score (nSPS) is 17.5. The van der Waals surface area contributed by atoms with Crippen LogP contribution in [0.4, 0.5) is 0 Å². The molecule has 1 fully saturated rings. The van der Waals surface area contributed by atoms with Crippen molar-refractivity contribution >= 4 is 5.91 Å². The number of carbonyl (C=O) groups is 1. The molecule has 0 aliphatic carbocycles. The fraction of sp³-hybridized carbons (Fsp3) is 0.400. The van der Waals surface area contributed by atoms with Crippen molar-refractivity contribution in [1.29, 1.82) is 0 Å². The van der Waals surface area contributed by atoms with Gasteiger partial charge in [-0.2, -0.15) is 0 Å². The first-order valence-electron chi connectivity index (χ1n) is 8.58. The van der Waals surface area contributed by atoms with E-state index in [9.17, 15) is 4.79 Å². The monoisotopic (exact) mass is 324 g/mol. The van der Waals surface area contributed by atoms with Crippen LogP contribution < -0.4 is 4.74 Å². The van der Waals surface area contributed by atoms with Crippen LogP contribution in [0.15, 0.2) is 48.8 Å². The van der Waals surface area contributed by atoms with Gasteiger partial charge in [-0.1, -0.05) is 12.1 Å². The van der Waals surface area contributed by atoms with Crippen LogP contribution in [0.3, 0.4) is 0 Å². The Morgan fingerprint density at radius 2 is 2.25 bits per heavy atom. The molecule has 0 spiro atoms. The predicted molar refractivity (Wildman–Crippen MR) is 94.2 cm³/mol. The summed E-state index contributed by atoms with van der Waals surface area (Å²) in [6.45, 7) is 1.70. The SMILES string of the molecule is COc1cccc(CC[C@@H]2CCCN(C(=O)c3cccnc3)C2)c1. The Labute approximate surface area is 143 Å². The van der Waals surface area contributed by atoms with E-state index in [1.807, 2.05) is 29.2 Å². The predicted octanol–water partition coefficient (Wildman–Crippen LogP) is 3.58. The van der Waals surface area contributed by atoms with Crippen LogP contribution in [0.1, 0.15) is 35.2 Å². The summed E-state index contributed by atoms with van der Waals surface area (Å²) in [5.41, 5.74) is 1.98. The molecule has 0 N–H and O–H groups in total. The number of benzene rings is 1. The molecule has 1 aromatic carbocycles. The van der Waals surface area contributed by atoms with E-state index in [1.165, 1.54) is 12.0 Å². The van der Waals surface area contributed by atoms with Gasteiger partial charge in [0.15, 0.2) is 0 Å². The molecule has 1 atom stereocenters. The first-order chi connectivity index (χ1) is 11.8. The van der Waals surface area contributed by atoms with Gasteiger partial charge in [0, 0.05) is 25.5 Å². The lowest BCUT2D eigenvalue weighted by molar-refractivity contribution is 0.0668. The minimum atomic E-state index is 0.106. The fourth-order valence-electron chi connectivity index (χ4n) is 3.36. The molecule has 2 heterocycles. The second-order valence-electron chi connectivity index (χ2n) is 6.39. The molecule has 24 heavy (non-hydrogen) atoms. The Hall–Kier alpha value is -2.36. The second kappa shape index (κ2) is 7.95. The maximum atomic E-state index is 12.6. The number of nitrogens with zero attached hydrogens (tertiary/aromatic N) is 2. The van der Waals surface area contributed by atoms with Crippen LogP contribution in [-0.2, 0) is 6.42 Å². The topological polar surface area (TPSA) is 42.4 Å². The van der Waals surface area contributed by atoms with E-state index in [2.05, 4.69) is 17.1 Å². The van der Waals surface area contributed by atoms with Crippen LogP contribution in [0.5, 0.6) is 5.75 Å². The molecule has 4 heteroatoms. The molecule has 126 valence electrons. The molecule has 0 saturated carbocycles. The van der Waals surface area contributed by atoms with Crippen molar-refractivity contribution in [3.63, 3.8) is 0 Å². The van der Waals surface area contributed by atoms with E-state index in [1.54, 1.807) is 19.5 Å². The van der Waals surface area contributed by atoms with Crippen molar-refractivity contribution in [2.75, 3.05) is 20.2 Å². The van der Waals surface area contributed by atoms with Crippen molar-refractivity contribution < 1.29 is 9.53 Å². The minimum absolute atomic E-state index is 0.106. The molecule has 2 aromatic rings. The maximum Gasteiger partial charge on any atom is 0.255 e. The summed E-state index contributed by atoms with van der Waals surface area (Å²) in [7, 11) is 1.70. The van der Waals surface area contributed by atoms with Crippen LogP contribution in [0.2, 0.25) is 0 Å². The van der Waals surface area contributed by atoms with Gasteiger partial charge in [0.05, 0.1) is 12.7 Å². The van der Waals surface area contributed by atoms with Gasteiger partial charge in [-0.15, -0.1) is 0 Å². The van der Waals surface area contributed by atoms with Crippen molar-refractivity contribution in [1.82, 2.24) is 9.88 Å². The molecule has 1 amide bonds. The summed E-state index contributed by atoms with van der Waals surface area (Å²) in [6.07, 6.45) is 7.75. The van der Waals surface area contributed by atoms with E-state index in [4.69, 9.17) is 4.74 Å². The summed E-state index contributed by atoms with van der Waals surface area (Å²) < 4.78 is 5.29. The number of amides is 1. The summed E-state index contributed by atoms with van der Waals surface area (Å²) in [5.74, 6) is 1.57. The van der Waals surface area contributed by atoms with Gasteiger partial charge in [-0.25, -0.2) is 0 Å². The average Bonchev–Trinajstić information content (AvgIpc) is 2.67. The zero-order chi connectivity index (χ0) is 16.8. The minimum Gasteiger partial charge on any atom is -0.497 e. The number of hydrogen-bond acceptors (Lipinski definition) is 3. The fourth-order valence-corrected chi connectivity index (χ4v) is 3.36. The van der Waals surface area contributed by atoms with E-state index in [-0.39, 0.29) is 5.91 Å². The van der Waals surface area contributed by atoms with Gasteiger partial charge >= 0.3 is 0 Å². The van der Waals surface area contributed by atoms with Crippen LogP contribution in [0.25, 0.3) is 0 Å². The molecule has 0 unspecified atom stereocenters. The Kier molecular flexibility index (Phi) is 5.47. The van der Waals surface area contributed by atoms with Gasteiger partial charge in [0.2, 0.25) is 0 Å². The maximum absolute atomic E-state index is 12.6.